The topological polar surface area (TPSA) is 26.3 Å². The molecule has 2 nitrogen and oxygen atoms in total. The van der Waals surface area contributed by atoms with Gasteiger partial charge in [0.1, 0.15) is 5.76 Å². The highest BCUT2D eigenvalue weighted by Gasteiger charge is 2.35. The Bertz CT molecular complexity index is 287. The Balaban J connectivity index is 0.000000531. The molecule has 0 N–H and O–H groups in total. The van der Waals surface area contributed by atoms with Crippen molar-refractivity contribution in [2.24, 2.45) is 17.8 Å². The number of esters is 1. The van der Waals surface area contributed by atoms with Gasteiger partial charge in [0.15, 0.2) is 0 Å². The van der Waals surface area contributed by atoms with E-state index in [4.69, 9.17) is 4.74 Å². The van der Waals surface area contributed by atoms with Crippen molar-refractivity contribution in [3.8, 4) is 0 Å². The number of rotatable bonds is 2. The lowest BCUT2D eigenvalue weighted by atomic mass is 10.2. The van der Waals surface area contributed by atoms with Crippen LogP contribution in [-0.4, -0.2) is 5.97 Å². The maximum atomic E-state index is 11.2. The molecule has 84 valence electrons. The normalized spacial score (nSPS) is 26.1. The number of allylic oxidation sites excluding steroid dienone is 3. The maximum Gasteiger partial charge on any atom is 0.313 e. The smallest absolute Gasteiger partial charge is 0.313 e. The van der Waals surface area contributed by atoms with Crippen molar-refractivity contribution in [3.63, 3.8) is 0 Å². The van der Waals surface area contributed by atoms with Gasteiger partial charge < -0.3 is 4.74 Å². The molecule has 2 aliphatic rings. The minimum Gasteiger partial charge on any atom is -0.427 e. The van der Waals surface area contributed by atoms with Crippen LogP contribution in [0.25, 0.3) is 0 Å². The summed E-state index contributed by atoms with van der Waals surface area (Å²) in [6.45, 7) is 7.69. The van der Waals surface area contributed by atoms with Gasteiger partial charge in [0, 0.05) is 0 Å². The van der Waals surface area contributed by atoms with Gasteiger partial charge in [-0.15, -0.1) is 0 Å². The molecule has 2 atom stereocenters. The quantitative estimate of drug-likeness (QED) is 0.651. The highest BCUT2D eigenvalue weighted by Crippen LogP contribution is 2.44. The monoisotopic (exact) mass is 208 g/mol. The molecule has 2 heteroatoms. The van der Waals surface area contributed by atoms with Crippen LogP contribution in [0.5, 0.6) is 0 Å². The van der Waals surface area contributed by atoms with Crippen LogP contribution in [0.15, 0.2) is 24.0 Å². The van der Waals surface area contributed by atoms with Crippen LogP contribution < -0.4 is 0 Å². The number of ether oxygens (including phenoxy) is 1. The van der Waals surface area contributed by atoms with Crippen molar-refractivity contribution in [3.05, 3.63) is 24.0 Å². The Morgan fingerprint density at radius 1 is 1.40 bits per heavy atom. The van der Waals surface area contributed by atoms with Crippen molar-refractivity contribution in [1.29, 1.82) is 0 Å². The van der Waals surface area contributed by atoms with Crippen molar-refractivity contribution in [2.45, 2.75) is 34.1 Å². The first kappa shape index (κ1) is 12.0. The molecule has 0 aliphatic heterocycles. The van der Waals surface area contributed by atoms with Gasteiger partial charge in [0.25, 0.3) is 0 Å². The van der Waals surface area contributed by atoms with Gasteiger partial charge in [-0.05, 0) is 30.4 Å². The molecule has 0 bridgehead atoms. The van der Waals surface area contributed by atoms with E-state index in [1.54, 1.807) is 0 Å². The molecular formula is C13H20O2. The average Bonchev–Trinajstić information content (AvgIpc) is 2.98. The van der Waals surface area contributed by atoms with Crippen LogP contribution in [0.2, 0.25) is 0 Å². The first-order valence-corrected chi connectivity index (χ1v) is 5.78. The maximum absolute atomic E-state index is 11.2. The molecule has 0 aromatic rings. The predicted octanol–water partition coefficient (Wildman–Crippen LogP) is 3.30. The molecule has 0 spiro atoms. The summed E-state index contributed by atoms with van der Waals surface area (Å²) >= 11 is 0. The van der Waals surface area contributed by atoms with Gasteiger partial charge in [-0.2, -0.15) is 0 Å². The molecule has 0 heterocycles. The third-order valence-electron chi connectivity index (χ3n) is 2.47. The fourth-order valence-corrected chi connectivity index (χ4v) is 1.44. The molecular weight excluding hydrogens is 188 g/mol. The molecule has 2 unspecified atom stereocenters. The lowest BCUT2D eigenvalue weighted by molar-refractivity contribution is -0.142. The predicted molar refractivity (Wildman–Crippen MR) is 61.1 cm³/mol. The summed E-state index contributed by atoms with van der Waals surface area (Å²) in [5.74, 6) is 1.90. The minimum absolute atomic E-state index is 0.0498. The van der Waals surface area contributed by atoms with Gasteiger partial charge in [-0.25, -0.2) is 0 Å². The molecule has 0 aromatic carbocycles. The summed E-state index contributed by atoms with van der Waals surface area (Å²) in [4.78, 5) is 11.2. The van der Waals surface area contributed by atoms with Crippen molar-refractivity contribution in [2.75, 3.05) is 0 Å². The zero-order valence-corrected chi connectivity index (χ0v) is 9.99. The Kier molecular flexibility index (Phi) is 4.13. The van der Waals surface area contributed by atoms with Crippen LogP contribution >= 0.6 is 0 Å². The van der Waals surface area contributed by atoms with E-state index >= 15 is 0 Å². The van der Waals surface area contributed by atoms with E-state index < -0.39 is 0 Å². The Morgan fingerprint density at radius 3 is 2.60 bits per heavy atom. The number of hydrogen-bond acceptors (Lipinski definition) is 2. The van der Waals surface area contributed by atoms with Gasteiger partial charge in [0.05, 0.1) is 5.92 Å². The summed E-state index contributed by atoms with van der Waals surface area (Å²) in [5.41, 5.74) is 0. The van der Waals surface area contributed by atoms with Gasteiger partial charge in [0.2, 0.25) is 0 Å². The second-order valence-corrected chi connectivity index (χ2v) is 4.07. The zero-order chi connectivity index (χ0) is 11.4. The highest BCUT2D eigenvalue weighted by atomic mass is 16.5. The minimum atomic E-state index is -0.144. The lowest BCUT2D eigenvalue weighted by Crippen LogP contribution is -2.11. The molecule has 1 fully saturated rings. The number of hydrogen-bond donors (Lipinski definition) is 0. The van der Waals surface area contributed by atoms with Crippen LogP contribution in [0.3, 0.4) is 0 Å². The second kappa shape index (κ2) is 5.15. The van der Waals surface area contributed by atoms with Crippen molar-refractivity contribution in [1.82, 2.24) is 0 Å². The van der Waals surface area contributed by atoms with E-state index in [2.05, 4.69) is 12.2 Å². The number of fused-ring (bicyclic) bond motifs is 1. The molecule has 2 aliphatic carbocycles. The van der Waals surface area contributed by atoms with E-state index in [9.17, 15) is 4.79 Å². The van der Waals surface area contributed by atoms with E-state index in [-0.39, 0.29) is 11.9 Å². The van der Waals surface area contributed by atoms with Gasteiger partial charge >= 0.3 is 5.97 Å². The summed E-state index contributed by atoms with van der Waals surface area (Å²) in [7, 11) is 0. The van der Waals surface area contributed by atoms with Crippen LogP contribution in [0.1, 0.15) is 34.1 Å². The number of carbonyl (C=O) groups is 1. The lowest BCUT2D eigenvalue weighted by Gasteiger charge is -2.09. The largest absolute Gasteiger partial charge is 0.427 e. The number of carbonyl (C=O) groups excluding carboxylic acids is 1. The zero-order valence-electron chi connectivity index (χ0n) is 9.99. The van der Waals surface area contributed by atoms with E-state index in [1.807, 2.05) is 33.8 Å². The third kappa shape index (κ3) is 3.22. The van der Waals surface area contributed by atoms with Crippen LogP contribution in [0, 0.1) is 17.8 Å². The van der Waals surface area contributed by atoms with Crippen molar-refractivity contribution < 1.29 is 9.53 Å². The fourth-order valence-electron chi connectivity index (χ4n) is 1.44. The third-order valence-corrected chi connectivity index (χ3v) is 2.47. The van der Waals surface area contributed by atoms with E-state index in [0.29, 0.717) is 5.92 Å². The van der Waals surface area contributed by atoms with Crippen molar-refractivity contribution >= 4 is 5.97 Å². The Hall–Kier alpha value is -1.05. The summed E-state index contributed by atoms with van der Waals surface area (Å²) < 4.78 is 5.19. The van der Waals surface area contributed by atoms with E-state index in [1.165, 1.54) is 6.42 Å². The highest BCUT2D eigenvalue weighted by molar-refractivity contribution is 5.73. The first-order valence-electron chi connectivity index (χ1n) is 5.78. The molecule has 15 heavy (non-hydrogen) atoms. The Labute approximate surface area is 92.0 Å². The summed E-state index contributed by atoms with van der Waals surface area (Å²) in [5, 5.41) is 0. The molecule has 0 radical (unpaired) electrons. The molecule has 0 amide bonds. The SMILES string of the molecule is CC.CC(C)C(=O)OC1=CC2CC2C=C1. The molecule has 2 rings (SSSR count). The van der Waals surface area contributed by atoms with Crippen LogP contribution in [-0.2, 0) is 9.53 Å². The molecule has 0 saturated heterocycles. The standard InChI is InChI=1S/C11H14O2.C2H6/c1-7(2)11(12)13-10-4-3-8-5-9(8)6-10;1-2/h3-4,6-9H,5H2,1-2H3;1-2H3. The van der Waals surface area contributed by atoms with E-state index in [0.717, 1.165) is 11.7 Å². The van der Waals surface area contributed by atoms with Gasteiger partial charge in [-0.3, -0.25) is 4.79 Å². The second-order valence-electron chi connectivity index (χ2n) is 4.07. The van der Waals surface area contributed by atoms with Gasteiger partial charge in [-0.1, -0.05) is 33.8 Å². The fraction of sp³-hybridized carbons (Fsp3) is 0.615. The molecule has 1 saturated carbocycles. The summed E-state index contributed by atoms with van der Waals surface area (Å²) in [6, 6.07) is 0. The Morgan fingerprint density at radius 2 is 2.07 bits per heavy atom. The van der Waals surface area contributed by atoms with Crippen LogP contribution in [0.4, 0.5) is 0 Å². The average molecular weight is 208 g/mol. The molecule has 0 aromatic heterocycles. The first-order chi connectivity index (χ1) is 7.16. The summed E-state index contributed by atoms with van der Waals surface area (Å²) in [6.07, 6.45) is 7.33.